The normalized spacial score (nSPS) is 26.6. The zero-order valence-electron chi connectivity index (χ0n) is 15.5. The number of anilines is 1. The summed E-state index contributed by atoms with van der Waals surface area (Å²) in [6, 6.07) is 6.74. The summed E-state index contributed by atoms with van der Waals surface area (Å²) in [6.45, 7) is 15.2. The first-order valence-electron chi connectivity index (χ1n) is 8.90. The zero-order valence-corrected chi connectivity index (χ0v) is 15.5. The Balaban J connectivity index is 1.87. The van der Waals surface area contributed by atoms with E-state index in [1.165, 1.54) is 24.1 Å². The van der Waals surface area contributed by atoms with Gasteiger partial charge in [-0.1, -0.05) is 13.0 Å². The summed E-state index contributed by atoms with van der Waals surface area (Å²) in [6.07, 6.45) is 2.62. The highest BCUT2D eigenvalue weighted by Crippen LogP contribution is 2.36. The van der Waals surface area contributed by atoms with Crippen LogP contribution in [-0.2, 0) is 9.31 Å². The summed E-state index contributed by atoms with van der Waals surface area (Å²) in [5.74, 6) is 0.768. The van der Waals surface area contributed by atoms with Gasteiger partial charge in [0.2, 0.25) is 0 Å². The number of hydrogen-bond acceptors (Lipinski definition) is 3. The summed E-state index contributed by atoms with van der Waals surface area (Å²) < 4.78 is 12.5. The van der Waals surface area contributed by atoms with Crippen molar-refractivity contribution in [2.75, 3.05) is 18.0 Å². The molecule has 2 aliphatic rings. The maximum atomic E-state index is 6.23. The standard InChI is InChI=1S/C19H30BNO2/c1-14-8-7-9-21(13-14)17-11-15(2)10-16(12-17)20-22-18(3,4)19(5,6)23-20/h10-12,14H,7-9,13H2,1-6H3. The molecule has 0 spiro atoms. The Hall–Kier alpha value is -0.995. The van der Waals surface area contributed by atoms with E-state index in [2.05, 4.69) is 64.6 Å². The molecule has 2 aliphatic heterocycles. The molecule has 126 valence electrons. The Labute approximate surface area is 141 Å². The first-order valence-corrected chi connectivity index (χ1v) is 8.90. The highest BCUT2D eigenvalue weighted by atomic mass is 16.7. The molecule has 1 unspecified atom stereocenters. The van der Waals surface area contributed by atoms with Gasteiger partial charge < -0.3 is 14.2 Å². The maximum absolute atomic E-state index is 6.23. The van der Waals surface area contributed by atoms with E-state index >= 15 is 0 Å². The second-order valence-corrected chi connectivity index (χ2v) is 8.38. The number of nitrogens with zero attached hydrogens (tertiary/aromatic N) is 1. The lowest BCUT2D eigenvalue weighted by Gasteiger charge is -2.33. The van der Waals surface area contributed by atoms with Crippen LogP contribution in [-0.4, -0.2) is 31.4 Å². The Kier molecular flexibility index (Phi) is 4.26. The van der Waals surface area contributed by atoms with Crippen LogP contribution in [0.25, 0.3) is 0 Å². The monoisotopic (exact) mass is 315 g/mol. The fourth-order valence-corrected chi connectivity index (χ4v) is 3.51. The largest absolute Gasteiger partial charge is 0.494 e. The van der Waals surface area contributed by atoms with Crippen molar-refractivity contribution in [3.05, 3.63) is 23.8 Å². The van der Waals surface area contributed by atoms with Crippen molar-refractivity contribution in [3.63, 3.8) is 0 Å². The molecule has 0 aromatic heterocycles. The van der Waals surface area contributed by atoms with Crippen LogP contribution in [0, 0.1) is 12.8 Å². The number of hydrogen-bond donors (Lipinski definition) is 0. The molecule has 23 heavy (non-hydrogen) atoms. The van der Waals surface area contributed by atoms with E-state index in [1.54, 1.807) is 0 Å². The molecule has 3 nitrogen and oxygen atoms in total. The molecule has 2 saturated heterocycles. The minimum Gasteiger partial charge on any atom is -0.399 e. The highest BCUT2D eigenvalue weighted by molar-refractivity contribution is 6.62. The molecule has 0 N–H and O–H groups in total. The van der Waals surface area contributed by atoms with Crippen molar-refractivity contribution in [3.8, 4) is 0 Å². The van der Waals surface area contributed by atoms with Crippen LogP contribution in [0.5, 0.6) is 0 Å². The van der Waals surface area contributed by atoms with Crippen molar-refractivity contribution < 1.29 is 9.31 Å². The second-order valence-electron chi connectivity index (χ2n) is 8.38. The molecule has 0 bridgehead atoms. The maximum Gasteiger partial charge on any atom is 0.494 e. The van der Waals surface area contributed by atoms with E-state index < -0.39 is 0 Å². The van der Waals surface area contributed by atoms with Crippen LogP contribution >= 0.6 is 0 Å². The fourth-order valence-electron chi connectivity index (χ4n) is 3.51. The van der Waals surface area contributed by atoms with Crippen molar-refractivity contribution in [2.45, 2.75) is 65.6 Å². The van der Waals surface area contributed by atoms with Crippen LogP contribution in [0.1, 0.15) is 53.0 Å². The number of piperidine rings is 1. The lowest BCUT2D eigenvalue weighted by molar-refractivity contribution is 0.00578. The summed E-state index contributed by atoms with van der Waals surface area (Å²) in [5.41, 5.74) is 3.13. The lowest BCUT2D eigenvalue weighted by atomic mass is 9.78. The van der Waals surface area contributed by atoms with Gasteiger partial charge in [-0.25, -0.2) is 0 Å². The Morgan fingerprint density at radius 1 is 1.09 bits per heavy atom. The van der Waals surface area contributed by atoms with Crippen LogP contribution in [0.4, 0.5) is 5.69 Å². The predicted octanol–water partition coefficient (Wildman–Crippen LogP) is 3.53. The Morgan fingerprint density at radius 3 is 2.35 bits per heavy atom. The van der Waals surface area contributed by atoms with Gasteiger partial charge in [-0.15, -0.1) is 0 Å². The average molecular weight is 315 g/mol. The fraction of sp³-hybridized carbons (Fsp3) is 0.684. The van der Waals surface area contributed by atoms with E-state index in [4.69, 9.17) is 9.31 Å². The van der Waals surface area contributed by atoms with E-state index in [1.807, 2.05) is 0 Å². The van der Waals surface area contributed by atoms with Gasteiger partial charge in [0.15, 0.2) is 0 Å². The van der Waals surface area contributed by atoms with Crippen molar-refractivity contribution in [1.82, 2.24) is 0 Å². The van der Waals surface area contributed by atoms with Crippen molar-refractivity contribution in [2.24, 2.45) is 5.92 Å². The highest BCUT2D eigenvalue weighted by Gasteiger charge is 2.51. The molecule has 0 radical (unpaired) electrons. The third-order valence-corrected chi connectivity index (χ3v) is 5.63. The van der Waals surface area contributed by atoms with Gasteiger partial charge >= 0.3 is 7.12 Å². The molecule has 1 aromatic rings. The van der Waals surface area contributed by atoms with E-state index in [9.17, 15) is 0 Å². The summed E-state index contributed by atoms with van der Waals surface area (Å²) in [4.78, 5) is 2.51. The van der Waals surface area contributed by atoms with Crippen LogP contribution in [0.2, 0.25) is 0 Å². The van der Waals surface area contributed by atoms with Crippen molar-refractivity contribution >= 4 is 18.3 Å². The van der Waals surface area contributed by atoms with Gasteiger partial charge in [0, 0.05) is 18.8 Å². The molecular formula is C19H30BNO2. The first-order chi connectivity index (χ1) is 10.7. The van der Waals surface area contributed by atoms with Gasteiger partial charge in [-0.05, 0) is 76.5 Å². The van der Waals surface area contributed by atoms with Gasteiger partial charge in [-0.2, -0.15) is 0 Å². The predicted molar refractivity (Wildman–Crippen MR) is 97.5 cm³/mol. The van der Waals surface area contributed by atoms with Crippen LogP contribution < -0.4 is 10.4 Å². The molecular weight excluding hydrogens is 285 g/mol. The third kappa shape index (κ3) is 3.29. The summed E-state index contributed by atoms with van der Waals surface area (Å²) in [7, 11) is -0.277. The summed E-state index contributed by atoms with van der Waals surface area (Å²) in [5, 5.41) is 0. The molecule has 3 rings (SSSR count). The summed E-state index contributed by atoms with van der Waals surface area (Å²) >= 11 is 0. The van der Waals surface area contributed by atoms with Crippen molar-refractivity contribution in [1.29, 1.82) is 0 Å². The molecule has 1 atom stereocenters. The zero-order chi connectivity index (χ0) is 16.8. The Morgan fingerprint density at radius 2 is 1.74 bits per heavy atom. The smallest absolute Gasteiger partial charge is 0.399 e. The second kappa shape index (κ2) is 5.82. The van der Waals surface area contributed by atoms with E-state index in [0.29, 0.717) is 0 Å². The molecule has 1 aromatic carbocycles. The number of benzene rings is 1. The third-order valence-electron chi connectivity index (χ3n) is 5.63. The van der Waals surface area contributed by atoms with Gasteiger partial charge in [0.1, 0.15) is 0 Å². The average Bonchev–Trinajstić information content (AvgIpc) is 2.67. The lowest BCUT2D eigenvalue weighted by Crippen LogP contribution is -2.41. The number of rotatable bonds is 2. The van der Waals surface area contributed by atoms with E-state index in [-0.39, 0.29) is 18.3 Å². The molecule has 0 aliphatic carbocycles. The van der Waals surface area contributed by atoms with Crippen LogP contribution in [0.3, 0.4) is 0 Å². The molecule has 0 saturated carbocycles. The Bertz CT molecular complexity index is 569. The first kappa shape index (κ1) is 16.8. The molecule has 4 heteroatoms. The topological polar surface area (TPSA) is 21.7 Å². The van der Waals surface area contributed by atoms with Gasteiger partial charge in [0.25, 0.3) is 0 Å². The molecule has 2 heterocycles. The minimum absolute atomic E-state index is 0.277. The van der Waals surface area contributed by atoms with E-state index in [0.717, 1.165) is 24.5 Å². The molecule has 0 amide bonds. The quantitative estimate of drug-likeness (QED) is 0.779. The van der Waals surface area contributed by atoms with Gasteiger partial charge in [-0.3, -0.25) is 0 Å². The minimum atomic E-state index is -0.290. The SMILES string of the molecule is Cc1cc(B2OC(C)(C)C(C)(C)O2)cc(N2CCCC(C)C2)c1. The number of aryl methyl sites for hydroxylation is 1. The molecule has 2 fully saturated rings. The van der Waals surface area contributed by atoms with Crippen LogP contribution in [0.15, 0.2) is 18.2 Å². The van der Waals surface area contributed by atoms with Gasteiger partial charge in [0.05, 0.1) is 11.2 Å².